The molecule has 0 unspecified atom stereocenters. The molecule has 1 aromatic carbocycles. The van der Waals surface area contributed by atoms with Crippen LogP contribution in [0.15, 0.2) is 18.2 Å². The second-order valence-corrected chi connectivity index (χ2v) is 5.07. The van der Waals surface area contributed by atoms with Crippen molar-refractivity contribution in [1.82, 2.24) is 5.32 Å². The van der Waals surface area contributed by atoms with Crippen LogP contribution in [0.25, 0.3) is 0 Å². The van der Waals surface area contributed by atoms with Gasteiger partial charge < -0.3 is 10.4 Å². The number of amides is 1. The van der Waals surface area contributed by atoms with E-state index in [9.17, 15) is 9.18 Å². The van der Waals surface area contributed by atoms with Gasteiger partial charge >= 0.3 is 0 Å². The molecule has 0 aliphatic rings. The van der Waals surface area contributed by atoms with Crippen molar-refractivity contribution in [1.29, 1.82) is 0 Å². The molecule has 6 heteroatoms. The van der Waals surface area contributed by atoms with Crippen LogP contribution < -0.4 is 5.32 Å². The molecule has 0 heterocycles. The zero-order valence-electron chi connectivity index (χ0n) is 9.14. The molecule has 0 bridgehead atoms. The average molecular weight is 369 g/mol. The molecule has 1 amide bonds. The van der Waals surface area contributed by atoms with Gasteiger partial charge in [-0.1, -0.05) is 31.9 Å². The lowest BCUT2D eigenvalue weighted by molar-refractivity contribution is 0.0919. The highest BCUT2D eigenvalue weighted by molar-refractivity contribution is 9.09. The number of benzene rings is 1. The van der Waals surface area contributed by atoms with Gasteiger partial charge in [0.1, 0.15) is 11.6 Å². The number of carbonyl (C=O) groups is 1. The van der Waals surface area contributed by atoms with Crippen molar-refractivity contribution < 1.29 is 14.3 Å². The van der Waals surface area contributed by atoms with Gasteiger partial charge in [-0.15, -0.1) is 0 Å². The Morgan fingerprint density at radius 1 is 1.47 bits per heavy atom. The van der Waals surface area contributed by atoms with Crippen LogP contribution in [0.2, 0.25) is 0 Å². The number of alkyl halides is 2. The molecule has 0 aliphatic heterocycles. The summed E-state index contributed by atoms with van der Waals surface area (Å²) in [7, 11) is 0. The molecule has 0 radical (unpaired) electrons. The first-order chi connectivity index (χ1) is 7.91. The van der Waals surface area contributed by atoms with Crippen molar-refractivity contribution in [3.05, 3.63) is 29.6 Å². The SMILES string of the molecule is CC(CBr)(CBr)NC(=O)c1ccc(O)cc1F. The number of rotatable bonds is 4. The van der Waals surface area contributed by atoms with Gasteiger partial charge in [-0.25, -0.2) is 4.39 Å². The zero-order valence-corrected chi connectivity index (χ0v) is 12.3. The largest absolute Gasteiger partial charge is 0.508 e. The van der Waals surface area contributed by atoms with E-state index in [0.29, 0.717) is 10.7 Å². The molecule has 0 aliphatic carbocycles. The second kappa shape index (κ2) is 5.82. The highest BCUT2D eigenvalue weighted by Crippen LogP contribution is 2.17. The predicted molar refractivity (Wildman–Crippen MR) is 71.5 cm³/mol. The summed E-state index contributed by atoms with van der Waals surface area (Å²) in [6.45, 7) is 1.83. The van der Waals surface area contributed by atoms with Crippen molar-refractivity contribution >= 4 is 37.8 Å². The van der Waals surface area contributed by atoms with Crippen LogP contribution in [0.5, 0.6) is 5.75 Å². The van der Waals surface area contributed by atoms with Gasteiger partial charge in [0.25, 0.3) is 5.91 Å². The minimum atomic E-state index is -0.742. The molecule has 17 heavy (non-hydrogen) atoms. The molecule has 0 spiro atoms. The third-order valence-electron chi connectivity index (χ3n) is 2.20. The number of hydrogen-bond acceptors (Lipinski definition) is 2. The van der Waals surface area contributed by atoms with E-state index in [0.717, 1.165) is 6.07 Å². The third kappa shape index (κ3) is 3.67. The van der Waals surface area contributed by atoms with Gasteiger partial charge in [0, 0.05) is 16.7 Å². The summed E-state index contributed by atoms with van der Waals surface area (Å²) in [6.07, 6.45) is 0. The predicted octanol–water partition coefficient (Wildman–Crippen LogP) is 2.81. The maximum atomic E-state index is 13.4. The van der Waals surface area contributed by atoms with Crippen LogP contribution in [0.4, 0.5) is 4.39 Å². The molecule has 0 atom stereocenters. The van der Waals surface area contributed by atoms with E-state index < -0.39 is 17.3 Å². The van der Waals surface area contributed by atoms with Crippen LogP contribution in [-0.2, 0) is 0 Å². The minimum Gasteiger partial charge on any atom is -0.508 e. The molecular formula is C11H12Br2FNO2. The number of halogens is 3. The Hall–Kier alpha value is -0.620. The number of phenolic OH excluding ortho intramolecular Hbond substituents is 1. The zero-order chi connectivity index (χ0) is 13.1. The Morgan fingerprint density at radius 3 is 2.53 bits per heavy atom. The van der Waals surface area contributed by atoms with Gasteiger partial charge in [0.2, 0.25) is 0 Å². The lowest BCUT2D eigenvalue weighted by Crippen LogP contribution is -2.49. The Bertz CT molecular complexity index is 422. The first kappa shape index (κ1) is 14.4. The minimum absolute atomic E-state index is 0.0871. The van der Waals surface area contributed by atoms with E-state index in [4.69, 9.17) is 5.11 Å². The molecule has 0 saturated carbocycles. The lowest BCUT2D eigenvalue weighted by Gasteiger charge is -2.26. The monoisotopic (exact) mass is 367 g/mol. The number of hydrogen-bond donors (Lipinski definition) is 2. The Labute approximate surface area is 116 Å². The van der Waals surface area contributed by atoms with Gasteiger partial charge in [-0.2, -0.15) is 0 Å². The highest BCUT2D eigenvalue weighted by atomic mass is 79.9. The molecule has 94 valence electrons. The van der Waals surface area contributed by atoms with Gasteiger partial charge in [0.15, 0.2) is 0 Å². The van der Waals surface area contributed by atoms with Gasteiger partial charge in [-0.3, -0.25) is 4.79 Å². The standard InChI is InChI=1S/C11H12Br2FNO2/c1-11(5-12,6-13)15-10(17)8-3-2-7(16)4-9(8)14/h2-4,16H,5-6H2,1H3,(H,15,17). The topological polar surface area (TPSA) is 49.3 Å². The summed E-state index contributed by atoms with van der Waals surface area (Å²) in [5.74, 6) is -1.46. The second-order valence-electron chi connectivity index (χ2n) is 3.95. The van der Waals surface area contributed by atoms with Crippen LogP contribution in [0.3, 0.4) is 0 Å². The lowest BCUT2D eigenvalue weighted by atomic mass is 10.1. The molecule has 2 N–H and O–H groups in total. The number of phenols is 1. The van der Waals surface area contributed by atoms with Crippen LogP contribution in [0, 0.1) is 5.82 Å². The normalized spacial score (nSPS) is 11.3. The Morgan fingerprint density at radius 2 is 2.06 bits per heavy atom. The Kier molecular flexibility index (Phi) is 4.94. The number of carbonyl (C=O) groups excluding carboxylic acids is 1. The van der Waals surface area contributed by atoms with E-state index in [1.807, 2.05) is 6.92 Å². The van der Waals surface area contributed by atoms with Gasteiger partial charge in [-0.05, 0) is 19.1 Å². The summed E-state index contributed by atoms with van der Waals surface area (Å²) >= 11 is 6.57. The number of nitrogens with one attached hydrogen (secondary N) is 1. The molecule has 1 rings (SSSR count). The first-order valence-corrected chi connectivity index (χ1v) is 7.09. The summed E-state index contributed by atoms with van der Waals surface area (Å²) in [5, 5.41) is 12.8. The molecule has 0 fully saturated rings. The third-order valence-corrected chi connectivity index (χ3v) is 4.68. The van der Waals surface area contributed by atoms with Crippen molar-refractivity contribution in [2.45, 2.75) is 12.5 Å². The van der Waals surface area contributed by atoms with Crippen molar-refractivity contribution in [2.75, 3.05) is 10.7 Å². The maximum Gasteiger partial charge on any atom is 0.254 e. The molecule has 1 aromatic rings. The molecular weight excluding hydrogens is 357 g/mol. The highest BCUT2D eigenvalue weighted by Gasteiger charge is 2.25. The smallest absolute Gasteiger partial charge is 0.254 e. The fourth-order valence-electron chi connectivity index (χ4n) is 1.13. The first-order valence-electron chi connectivity index (χ1n) is 4.85. The average Bonchev–Trinajstić information content (AvgIpc) is 2.28. The maximum absolute atomic E-state index is 13.4. The molecule has 0 aromatic heterocycles. The fourth-order valence-corrected chi connectivity index (χ4v) is 2.34. The summed E-state index contributed by atoms with van der Waals surface area (Å²) in [6, 6.07) is 3.44. The molecule has 3 nitrogen and oxygen atoms in total. The van der Waals surface area contributed by atoms with E-state index in [1.54, 1.807) is 0 Å². The van der Waals surface area contributed by atoms with Crippen LogP contribution in [-0.4, -0.2) is 27.2 Å². The van der Waals surface area contributed by atoms with Crippen molar-refractivity contribution in [3.8, 4) is 5.75 Å². The van der Waals surface area contributed by atoms with Crippen molar-refractivity contribution in [3.63, 3.8) is 0 Å². The van der Waals surface area contributed by atoms with E-state index in [2.05, 4.69) is 37.2 Å². The van der Waals surface area contributed by atoms with Crippen LogP contribution >= 0.6 is 31.9 Å². The fraction of sp³-hybridized carbons (Fsp3) is 0.364. The van der Waals surface area contributed by atoms with E-state index in [-0.39, 0.29) is 11.3 Å². The van der Waals surface area contributed by atoms with E-state index in [1.165, 1.54) is 12.1 Å². The van der Waals surface area contributed by atoms with E-state index >= 15 is 0 Å². The van der Waals surface area contributed by atoms with Crippen molar-refractivity contribution in [2.24, 2.45) is 0 Å². The molecule has 0 saturated heterocycles. The quantitative estimate of drug-likeness (QED) is 0.803. The summed E-state index contributed by atoms with van der Waals surface area (Å²) in [5.41, 5.74) is -0.586. The Balaban J connectivity index is 2.90. The summed E-state index contributed by atoms with van der Waals surface area (Å²) in [4.78, 5) is 11.8. The van der Waals surface area contributed by atoms with Gasteiger partial charge in [0.05, 0.1) is 11.1 Å². The summed E-state index contributed by atoms with van der Waals surface area (Å²) < 4.78 is 13.4. The number of aromatic hydroxyl groups is 1. The van der Waals surface area contributed by atoms with Crippen LogP contribution in [0.1, 0.15) is 17.3 Å².